The van der Waals surface area contributed by atoms with Crippen LogP contribution >= 0.6 is 15.9 Å². The number of rotatable bonds is 4. The monoisotopic (exact) mass is 282 g/mol. The van der Waals surface area contributed by atoms with Crippen LogP contribution in [0.25, 0.3) is 0 Å². The first-order valence-electron chi connectivity index (χ1n) is 6.16. The minimum absolute atomic E-state index is 0.604. The number of likely N-dealkylation sites (tertiary alicyclic amines) is 1. The van der Waals surface area contributed by atoms with Gasteiger partial charge in [-0.25, -0.2) is 4.98 Å². The van der Waals surface area contributed by atoms with E-state index < -0.39 is 0 Å². The summed E-state index contributed by atoms with van der Waals surface area (Å²) in [6.45, 7) is 4.74. The quantitative estimate of drug-likeness (QED) is 0.782. The number of pyridine rings is 1. The Kier molecular flexibility index (Phi) is 4.36. The van der Waals surface area contributed by atoms with Gasteiger partial charge in [-0.15, -0.1) is 0 Å². The van der Waals surface area contributed by atoms with Gasteiger partial charge < -0.3 is 0 Å². The van der Waals surface area contributed by atoms with Gasteiger partial charge in [-0.3, -0.25) is 4.90 Å². The summed E-state index contributed by atoms with van der Waals surface area (Å²) >= 11 is 3.39. The summed E-state index contributed by atoms with van der Waals surface area (Å²) in [5.41, 5.74) is 1.37. The Bertz CT molecular complexity index is 323. The van der Waals surface area contributed by atoms with Gasteiger partial charge in [0.2, 0.25) is 0 Å². The second kappa shape index (κ2) is 5.78. The zero-order valence-corrected chi connectivity index (χ0v) is 11.4. The van der Waals surface area contributed by atoms with E-state index >= 15 is 0 Å². The largest absolute Gasteiger partial charge is 0.296 e. The summed E-state index contributed by atoms with van der Waals surface area (Å²) in [5.74, 6) is 0. The van der Waals surface area contributed by atoms with Gasteiger partial charge in [0.25, 0.3) is 0 Å². The lowest BCUT2D eigenvalue weighted by Gasteiger charge is -2.24. The molecule has 2 heterocycles. The van der Waals surface area contributed by atoms with E-state index in [9.17, 15) is 0 Å². The van der Waals surface area contributed by atoms with Crippen LogP contribution in [0, 0.1) is 0 Å². The van der Waals surface area contributed by atoms with Gasteiger partial charge in [0.1, 0.15) is 4.60 Å². The van der Waals surface area contributed by atoms with Crippen molar-refractivity contribution in [3.8, 4) is 0 Å². The Labute approximate surface area is 106 Å². The summed E-state index contributed by atoms with van der Waals surface area (Å²) in [4.78, 5) is 6.93. The van der Waals surface area contributed by atoms with Crippen molar-refractivity contribution in [3.63, 3.8) is 0 Å². The van der Waals surface area contributed by atoms with Crippen molar-refractivity contribution >= 4 is 15.9 Å². The molecule has 1 aliphatic rings. The van der Waals surface area contributed by atoms with Gasteiger partial charge in [-0.1, -0.05) is 19.4 Å². The molecule has 16 heavy (non-hydrogen) atoms. The second-order valence-corrected chi connectivity index (χ2v) is 5.27. The average Bonchev–Trinajstić information content (AvgIpc) is 2.75. The lowest BCUT2D eigenvalue weighted by molar-refractivity contribution is 0.253. The van der Waals surface area contributed by atoms with E-state index in [0.29, 0.717) is 6.04 Å². The molecule has 0 amide bonds. The fraction of sp³-hybridized carbons (Fsp3) is 0.615. The molecule has 1 saturated heterocycles. The van der Waals surface area contributed by atoms with E-state index in [-0.39, 0.29) is 0 Å². The highest BCUT2D eigenvalue weighted by Crippen LogP contribution is 2.31. The Morgan fingerprint density at radius 1 is 1.50 bits per heavy atom. The number of hydrogen-bond donors (Lipinski definition) is 0. The van der Waals surface area contributed by atoms with Crippen molar-refractivity contribution in [3.05, 3.63) is 28.5 Å². The summed E-state index contributed by atoms with van der Waals surface area (Å²) in [6.07, 6.45) is 7.21. The number of halogens is 1. The van der Waals surface area contributed by atoms with E-state index in [0.717, 1.165) is 4.60 Å². The van der Waals surface area contributed by atoms with E-state index in [1.165, 1.54) is 44.3 Å². The van der Waals surface area contributed by atoms with Crippen LogP contribution in [0.5, 0.6) is 0 Å². The molecule has 88 valence electrons. The normalized spacial score (nSPS) is 21.5. The van der Waals surface area contributed by atoms with Crippen LogP contribution in [0.4, 0.5) is 0 Å². The summed E-state index contributed by atoms with van der Waals surface area (Å²) in [5, 5.41) is 0. The summed E-state index contributed by atoms with van der Waals surface area (Å²) in [7, 11) is 0. The number of nitrogens with zero attached hydrogens (tertiary/aromatic N) is 2. The fourth-order valence-corrected chi connectivity index (χ4v) is 2.65. The lowest BCUT2D eigenvalue weighted by atomic mass is 10.1. The standard InChI is InChI=1S/C13H19BrN2/c1-2-3-8-16-9-4-5-12(16)11-6-7-13(14)15-10-11/h6-7,10,12H,2-5,8-9H2,1H3. The molecule has 1 aliphatic heterocycles. The molecule has 1 fully saturated rings. The van der Waals surface area contributed by atoms with Crippen LogP contribution in [-0.4, -0.2) is 23.0 Å². The second-order valence-electron chi connectivity index (χ2n) is 4.46. The number of hydrogen-bond acceptors (Lipinski definition) is 2. The first kappa shape index (κ1) is 12.1. The molecule has 3 heteroatoms. The van der Waals surface area contributed by atoms with Crippen molar-refractivity contribution < 1.29 is 0 Å². The molecule has 0 aromatic carbocycles. The van der Waals surface area contributed by atoms with E-state index in [1.807, 2.05) is 12.3 Å². The summed E-state index contributed by atoms with van der Waals surface area (Å²) in [6, 6.07) is 4.85. The van der Waals surface area contributed by atoms with Crippen LogP contribution in [0.1, 0.15) is 44.2 Å². The highest BCUT2D eigenvalue weighted by Gasteiger charge is 2.25. The first-order chi connectivity index (χ1) is 7.81. The van der Waals surface area contributed by atoms with Crippen LogP contribution in [-0.2, 0) is 0 Å². The molecule has 1 aromatic rings. The smallest absolute Gasteiger partial charge is 0.106 e. The average molecular weight is 283 g/mol. The van der Waals surface area contributed by atoms with Crippen molar-refractivity contribution in [2.45, 2.75) is 38.6 Å². The lowest BCUT2D eigenvalue weighted by Crippen LogP contribution is -2.24. The third-order valence-electron chi connectivity index (χ3n) is 3.30. The molecule has 0 saturated carbocycles. The topological polar surface area (TPSA) is 16.1 Å². The minimum Gasteiger partial charge on any atom is -0.296 e. The number of unbranched alkanes of at least 4 members (excludes halogenated alkanes) is 1. The molecule has 1 aromatic heterocycles. The molecule has 2 nitrogen and oxygen atoms in total. The molecule has 2 rings (SSSR count). The zero-order chi connectivity index (χ0) is 11.4. The van der Waals surface area contributed by atoms with Crippen LogP contribution in [0.3, 0.4) is 0 Å². The van der Waals surface area contributed by atoms with E-state index in [1.54, 1.807) is 0 Å². The molecule has 0 aliphatic carbocycles. The molecule has 1 atom stereocenters. The van der Waals surface area contributed by atoms with Crippen LogP contribution < -0.4 is 0 Å². The van der Waals surface area contributed by atoms with Crippen molar-refractivity contribution in [1.82, 2.24) is 9.88 Å². The minimum atomic E-state index is 0.604. The maximum atomic E-state index is 4.33. The first-order valence-corrected chi connectivity index (χ1v) is 6.96. The molecule has 1 unspecified atom stereocenters. The maximum absolute atomic E-state index is 4.33. The SMILES string of the molecule is CCCCN1CCCC1c1ccc(Br)nc1. The molecule has 0 N–H and O–H groups in total. The van der Waals surface area contributed by atoms with Gasteiger partial charge in [0.05, 0.1) is 0 Å². The van der Waals surface area contributed by atoms with E-state index in [2.05, 4.69) is 38.8 Å². The van der Waals surface area contributed by atoms with Gasteiger partial charge in [-0.05, 0) is 59.9 Å². The zero-order valence-electron chi connectivity index (χ0n) is 9.82. The van der Waals surface area contributed by atoms with Crippen molar-refractivity contribution in [2.24, 2.45) is 0 Å². The molecule has 0 radical (unpaired) electrons. The van der Waals surface area contributed by atoms with E-state index in [4.69, 9.17) is 0 Å². The van der Waals surface area contributed by atoms with Crippen LogP contribution in [0.15, 0.2) is 22.9 Å². The highest BCUT2D eigenvalue weighted by atomic mass is 79.9. The van der Waals surface area contributed by atoms with Crippen LogP contribution in [0.2, 0.25) is 0 Å². The molecule has 0 bridgehead atoms. The van der Waals surface area contributed by atoms with Crippen molar-refractivity contribution in [2.75, 3.05) is 13.1 Å². The number of aromatic nitrogens is 1. The predicted molar refractivity (Wildman–Crippen MR) is 70.4 cm³/mol. The Morgan fingerprint density at radius 2 is 2.38 bits per heavy atom. The third kappa shape index (κ3) is 2.83. The van der Waals surface area contributed by atoms with Gasteiger partial charge >= 0.3 is 0 Å². The Hall–Kier alpha value is -0.410. The predicted octanol–water partition coefficient (Wildman–Crippen LogP) is 3.78. The van der Waals surface area contributed by atoms with Gasteiger partial charge in [-0.2, -0.15) is 0 Å². The fourth-order valence-electron chi connectivity index (χ4n) is 2.42. The molecule has 0 spiro atoms. The van der Waals surface area contributed by atoms with Gasteiger partial charge in [0, 0.05) is 12.2 Å². The highest BCUT2D eigenvalue weighted by molar-refractivity contribution is 9.10. The van der Waals surface area contributed by atoms with Gasteiger partial charge in [0.15, 0.2) is 0 Å². The summed E-state index contributed by atoms with van der Waals surface area (Å²) < 4.78 is 0.925. The molecular weight excluding hydrogens is 264 g/mol. The maximum Gasteiger partial charge on any atom is 0.106 e. The molecular formula is C13H19BrN2. The Balaban J connectivity index is 2.04. The Morgan fingerprint density at radius 3 is 3.06 bits per heavy atom. The third-order valence-corrected chi connectivity index (χ3v) is 3.77. The van der Waals surface area contributed by atoms with Crippen molar-refractivity contribution in [1.29, 1.82) is 0 Å².